The third-order valence-electron chi connectivity index (χ3n) is 6.45. The van der Waals surface area contributed by atoms with E-state index in [4.69, 9.17) is 4.74 Å². The molecule has 0 aliphatic carbocycles. The van der Waals surface area contributed by atoms with Gasteiger partial charge in [-0.2, -0.15) is 0 Å². The molecule has 8 nitrogen and oxygen atoms in total. The van der Waals surface area contributed by atoms with E-state index in [0.29, 0.717) is 13.0 Å². The van der Waals surface area contributed by atoms with E-state index < -0.39 is 10.0 Å². The number of benzene rings is 2. The molecule has 1 aliphatic rings. The maximum absolute atomic E-state index is 12.5. The van der Waals surface area contributed by atoms with Crippen LogP contribution in [0.15, 0.2) is 46.6 Å². The standard InChI is InChI=1S/C25H32N4O4S/c1-6-33-24(26-30)13-18-15-29(5)25-22(18)14-21(20-11-12-28(4)16-23(20)25)17-7-9-19(10-8-17)34(31,32)27(2)3/h7-10,14-15,30H,6,11-13,16H2,1-5H3. The minimum atomic E-state index is -3.49. The highest BCUT2D eigenvalue weighted by Crippen LogP contribution is 2.38. The lowest BCUT2D eigenvalue weighted by molar-refractivity contribution is 0.259. The molecule has 0 radical (unpaired) electrons. The summed E-state index contributed by atoms with van der Waals surface area (Å²) in [4.78, 5) is 2.59. The van der Waals surface area contributed by atoms with Gasteiger partial charge in [0, 0.05) is 45.8 Å². The van der Waals surface area contributed by atoms with Crippen molar-refractivity contribution in [3.63, 3.8) is 0 Å². The van der Waals surface area contributed by atoms with E-state index in [1.165, 1.54) is 35.0 Å². The summed E-state index contributed by atoms with van der Waals surface area (Å²) in [7, 11) is 3.74. The highest BCUT2D eigenvalue weighted by Gasteiger charge is 2.25. The Bertz CT molecular complexity index is 1340. The molecular weight excluding hydrogens is 452 g/mol. The van der Waals surface area contributed by atoms with Gasteiger partial charge in [0.1, 0.15) is 0 Å². The molecule has 0 unspecified atom stereocenters. The van der Waals surface area contributed by atoms with Gasteiger partial charge in [-0.3, -0.25) is 0 Å². The Kier molecular flexibility index (Phi) is 6.71. The quantitative estimate of drug-likeness (QED) is 0.251. The Morgan fingerprint density at radius 1 is 1.18 bits per heavy atom. The van der Waals surface area contributed by atoms with Crippen LogP contribution < -0.4 is 0 Å². The Morgan fingerprint density at radius 3 is 2.50 bits per heavy atom. The van der Waals surface area contributed by atoms with Gasteiger partial charge in [0.25, 0.3) is 0 Å². The van der Waals surface area contributed by atoms with Gasteiger partial charge in [0.05, 0.1) is 23.4 Å². The maximum Gasteiger partial charge on any atom is 0.242 e. The van der Waals surface area contributed by atoms with Crippen molar-refractivity contribution >= 4 is 26.8 Å². The number of nitrogens with zero attached hydrogens (tertiary/aromatic N) is 4. The van der Waals surface area contributed by atoms with Gasteiger partial charge < -0.3 is 19.4 Å². The average molecular weight is 485 g/mol. The zero-order chi connectivity index (χ0) is 24.6. The van der Waals surface area contributed by atoms with Crippen molar-refractivity contribution in [3.05, 3.63) is 53.2 Å². The number of rotatable bonds is 6. The summed E-state index contributed by atoms with van der Waals surface area (Å²) in [6.45, 7) is 4.08. The van der Waals surface area contributed by atoms with Crippen molar-refractivity contribution in [2.45, 2.75) is 31.2 Å². The minimum absolute atomic E-state index is 0.275. The van der Waals surface area contributed by atoms with Crippen molar-refractivity contribution in [1.29, 1.82) is 0 Å². The normalized spacial score (nSPS) is 15.2. The molecule has 2 heterocycles. The molecule has 0 fully saturated rings. The lowest BCUT2D eigenvalue weighted by Gasteiger charge is -2.28. The predicted molar refractivity (Wildman–Crippen MR) is 134 cm³/mol. The SMILES string of the molecule is CCOC(Cc1cn(C)c2c3c(c(-c4ccc(S(=O)(=O)N(C)C)cc4)cc12)CCN(C)C3)=NO. The first-order chi connectivity index (χ1) is 16.2. The number of oxime groups is 1. The van der Waals surface area contributed by atoms with E-state index in [2.05, 4.69) is 33.9 Å². The maximum atomic E-state index is 12.5. The van der Waals surface area contributed by atoms with E-state index in [1.54, 1.807) is 12.1 Å². The molecule has 9 heteroatoms. The van der Waals surface area contributed by atoms with E-state index in [9.17, 15) is 13.6 Å². The van der Waals surface area contributed by atoms with Crippen molar-refractivity contribution in [2.24, 2.45) is 12.2 Å². The van der Waals surface area contributed by atoms with Crippen LogP contribution >= 0.6 is 0 Å². The Balaban J connectivity index is 1.89. The number of hydrogen-bond donors (Lipinski definition) is 1. The van der Waals surface area contributed by atoms with Gasteiger partial charge in [-0.25, -0.2) is 12.7 Å². The largest absolute Gasteiger partial charge is 0.479 e. The second-order valence-corrected chi connectivity index (χ2v) is 11.1. The molecule has 3 aromatic rings. The summed E-state index contributed by atoms with van der Waals surface area (Å²) in [5, 5.41) is 13.8. The molecular formula is C25H32N4O4S. The summed E-state index contributed by atoms with van der Waals surface area (Å²) in [6, 6.07) is 9.31. The fourth-order valence-corrected chi connectivity index (χ4v) is 5.65. The first-order valence-corrected chi connectivity index (χ1v) is 12.8. The van der Waals surface area contributed by atoms with Crippen LogP contribution in [0, 0.1) is 0 Å². The van der Waals surface area contributed by atoms with Gasteiger partial charge >= 0.3 is 0 Å². The third-order valence-corrected chi connectivity index (χ3v) is 8.28. The Morgan fingerprint density at radius 2 is 1.88 bits per heavy atom. The van der Waals surface area contributed by atoms with Crippen molar-refractivity contribution < 1.29 is 18.4 Å². The summed E-state index contributed by atoms with van der Waals surface area (Å²) >= 11 is 0. The zero-order valence-electron chi connectivity index (χ0n) is 20.4. The van der Waals surface area contributed by atoms with E-state index in [-0.39, 0.29) is 10.8 Å². The number of aromatic nitrogens is 1. The molecule has 4 rings (SSSR count). The van der Waals surface area contributed by atoms with Gasteiger partial charge in [-0.15, -0.1) is 0 Å². The Hall–Kier alpha value is -2.88. The summed E-state index contributed by atoms with van der Waals surface area (Å²) in [5.74, 6) is 0.282. The smallest absolute Gasteiger partial charge is 0.242 e. The fourth-order valence-electron chi connectivity index (χ4n) is 4.75. The number of fused-ring (bicyclic) bond motifs is 3. The van der Waals surface area contributed by atoms with Crippen molar-refractivity contribution in [1.82, 2.24) is 13.8 Å². The lowest BCUT2D eigenvalue weighted by Crippen LogP contribution is -2.27. The van der Waals surface area contributed by atoms with Gasteiger partial charge in [-0.1, -0.05) is 17.3 Å². The number of sulfonamides is 1. The molecule has 182 valence electrons. The molecule has 0 amide bonds. The van der Waals surface area contributed by atoms with Gasteiger partial charge in [0.15, 0.2) is 0 Å². The van der Waals surface area contributed by atoms with Gasteiger partial charge in [0.2, 0.25) is 15.9 Å². The van der Waals surface area contributed by atoms with E-state index >= 15 is 0 Å². The second kappa shape index (κ2) is 9.40. The minimum Gasteiger partial charge on any atom is -0.479 e. The number of aryl methyl sites for hydroxylation is 1. The molecule has 1 aliphatic heterocycles. The molecule has 0 saturated carbocycles. The Labute approximate surface area is 201 Å². The van der Waals surface area contributed by atoms with Crippen LogP contribution in [-0.2, 0) is 41.2 Å². The number of likely N-dealkylation sites (N-methyl/N-ethyl adjacent to an activating group) is 1. The highest BCUT2D eigenvalue weighted by atomic mass is 32.2. The molecule has 34 heavy (non-hydrogen) atoms. The first kappa shape index (κ1) is 24.3. The van der Waals surface area contributed by atoms with Crippen LogP contribution in [0.2, 0.25) is 0 Å². The van der Waals surface area contributed by atoms with E-state index in [0.717, 1.165) is 41.6 Å². The summed E-state index contributed by atoms with van der Waals surface area (Å²) in [5.41, 5.74) is 6.84. The number of ether oxygens (including phenoxy) is 1. The van der Waals surface area contributed by atoms with Crippen molar-refractivity contribution in [2.75, 3.05) is 34.3 Å². The van der Waals surface area contributed by atoms with E-state index in [1.807, 2.05) is 26.1 Å². The van der Waals surface area contributed by atoms with Crippen LogP contribution in [0.25, 0.3) is 22.0 Å². The topological polar surface area (TPSA) is 87.4 Å². The monoisotopic (exact) mass is 484 g/mol. The van der Waals surface area contributed by atoms with Crippen LogP contribution in [0.3, 0.4) is 0 Å². The average Bonchev–Trinajstić information content (AvgIpc) is 3.13. The molecule has 1 aromatic heterocycles. The molecule has 1 N–H and O–H groups in total. The summed E-state index contributed by atoms with van der Waals surface area (Å²) in [6.07, 6.45) is 3.37. The zero-order valence-corrected chi connectivity index (χ0v) is 21.2. The molecule has 0 bridgehead atoms. The highest BCUT2D eigenvalue weighted by molar-refractivity contribution is 7.89. The lowest BCUT2D eigenvalue weighted by atomic mass is 9.88. The molecule has 2 aromatic carbocycles. The third kappa shape index (κ3) is 4.31. The molecule has 0 spiro atoms. The van der Waals surface area contributed by atoms with Gasteiger partial charge in [-0.05, 0) is 66.4 Å². The van der Waals surface area contributed by atoms with Crippen molar-refractivity contribution in [3.8, 4) is 11.1 Å². The van der Waals surface area contributed by atoms with Crippen LogP contribution in [0.1, 0.15) is 23.6 Å². The molecule has 0 atom stereocenters. The summed E-state index contributed by atoms with van der Waals surface area (Å²) < 4.78 is 33.9. The second-order valence-electron chi connectivity index (χ2n) is 8.95. The van der Waals surface area contributed by atoms with Crippen LogP contribution in [0.4, 0.5) is 0 Å². The van der Waals surface area contributed by atoms with Crippen LogP contribution in [-0.4, -0.2) is 67.6 Å². The number of hydrogen-bond acceptors (Lipinski definition) is 6. The fraction of sp³-hybridized carbons (Fsp3) is 0.400. The predicted octanol–water partition coefficient (Wildman–Crippen LogP) is 3.45. The van der Waals surface area contributed by atoms with Crippen LogP contribution in [0.5, 0.6) is 0 Å². The first-order valence-electron chi connectivity index (χ1n) is 11.3. The molecule has 0 saturated heterocycles.